The first-order chi connectivity index (χ1) is 13.7. The zero-order chi connectivity index (χ0) is 19.5. The van der Waals surface area contributed by atoms with Crippen molar-refractivity contribution < 1.29 is 4.39 Å². The highest BCUT2D eigenvalue weighted by atomic mass is 19.1. The molecule has 1 saturated heterocycles. The lowest BCUT2D eigenvalue weighted by atomic mass is 10.2. The van der Waals surface area contributed by atoms with Gasteiger partial charge >= 0.3 is 0 Å². The van der Waals surface area contributed by atoms with Gasteiger partial charge in [0.2, 0.25) is 5.95 Å². The van der Waals surface area contributed by atoms with Gasteiger partial charge in [-0.1, -0.05) is 0 Å². The van der Waals surface area contributed by atoms with Gasteiger partial charge in [0.15, 0.2) is 0 Å². The molecule has 1 aromatic carbocycles. The number of aromatic nitrogens is 4. The van der Waals surface area contributed by atoms with Gasteiger partial charge in [0.05, 0.1) is 11.3 Å². The molecule has 0 N–H and O–H groups in total. The van der Waals surface area contributed by atoms with Crippen molar-refractivity contribution in [1.82, 2.24) is 19.5 Å². The van der Waals surface area contributed by atoms with Crippen LogP contribution in [0.1, 0.15) is 24.2 Å². The highest BCUT2D eigenvalue weighted by Gasteiger charge is 2.18. The lowest BCUT2D eigenvalue weighted by Gasteiger charge is -2.15. The molecule has 1 fully saturated rings. The van der Waals surface area contributed by atoms with Crippen LogP contribution >= 0.6 is 0 Å². The van der Waals surface area contributed by atoms with E-state index in [2.05, 4.69) is 26.6 Å². The van der Waals surface area contributed by atoms with E-state index in [9.17, 15) is 4.39 Å². The van der Waals surface area contributed by atoms with Gasteiger partial charge < -0.3 is 4.90 Å². The molecule has 1 aliphatic heterocycles. The molecule has 0 aliphatic carbocycles. The molecule has 0 atom stereocenters. The van der Waals surface area contributed by atoms with Crippen LogP contribution in [0.25, 0.3) is 23.2 Å². The Labute approximate surface area is 163 Å². The third-order valence-electron chi connectivity index (χ3n) is 4.85. The minimum Gasteiger partial charge on any atom is -0.341 e. The number of rotatable bonds is 5. The summed E-state index contributed by atoms with van der Waals surface area (Å²) in [5, 5.41) is 0. The number of nitrogens with zero attached hydrogens (tertiary/aromatic N) is 6. The van der Waals surface area contributed by atoms with E-state index in [1.165, 1.54) is 25.0 Å². The lowest BCUT2D eigenvalue weighted by molar-refractivity contribution is 0.627. The SMILES string of the molecule is C=N/C=C\c1nc(-c2cnc(N3CCCC3)nc2)n(-c2ccc(F)cc2)c1C. The molecule has 0 unspecified atom stereocenters. The van der Waals surface area contributed by atoms with Crippen LogP contribution in [0.3, 0.4) is 0 Å². The molecule has 0 saturated carbocycles. The summed E-state index contributed by atoms with van der Waals surface area (Å²) in [6.07, 6.45) is 9.33. The highest BCUT2D eigenvalue weighted by Crippen LogP contribution is 2.27. The van der Waals surface area contributed by atoms with Crippen molar-refractivity contribution >= 4 is 18.7 Å². The summed E-state index contributed by atoms with van der Waals surface area (Å²) < 4.78 is 15.4. The molecule has 2 aromatic heterocycles. The first kappa shape index (κ1) is 18.0. The third kappa shape index (κ3) is 3.43. The normalized spacial score (nSPS) is 14.1. The number of benzene rings is 1. The predicted octanol–water partition coefficient (Wildman–Crippen LogP) is 4.05. The summed E-state index contributed by atoms with van der Waals surface area (Å²) in [5.41, 5.74) is 3.28. The van der Waals surface area contributed by atoms with Crippen molar-refractivity contribution in [2.45, 2.75) is 19.8 Å². The summed E-state index contributed by atoms with van der Waals surface area (Å²) in [5.74, 6) is 1.16. The van der Waals surface area contributed by atoms with E-state index in [-0.39, 0.29) is 5.82 Å². The Bertz CT molecular complexity index is 999. The van der Waals surface area contributed by atoms with Gasteiger partial charge in [-0.2, -0.15) is 0 Å². The molecule has 0 spiro atoms. The Morgan fingerprint density at radius 3 is 2.43 bits per heavy atom. The van der Waals surface area contributed by atoms with Crippen LogP contribution in [0.2, 0.25) is 0 Å². The second-order valence-electron chi connectivity index (χ2n) is 6.68. The highest BCUT2D eigenvalue weighted by molar-refractivity contribution is 5.63. The molecule has 0 amide bonds. The molecular weight excluding hydrogens is 355 g/mol. The summed E-state index contributed by atoms with van der Waals surface area (Å²) in [6, 6.07) is 6.33. The fraction of sp³-hybridized carbons (Fsp3) is 0.238. The monoisotopic (exact) mass is 376 g/mol. The molecule has 4 rings (SSSR count). The maximum Gasteiger partial charge on any atom is 0.225 e. The number of imidazole rings is 1. The number of anilines is 1. The molecule has 1 aliphatic rings. The van der Waals surface area contributed by atoms with Crippen LogP contribution in [-0.2, 0) is 0 Å². The van der Waals surface area contributed by atoms with E-state index in [1.54, 1.807) is 36.8 Å². The fourth-order valence-electron chi connectivity index (χ4n) is 3.42. The zero-order valence-electron chi connectivity index (χ0n) is 15.7. The van der Waals surface area contributed by atoms with Crippen molar-refractivity contribution in [3.63, 3.8) is 0 Å². The van der Waals surface area contributed by atoms with Gasteiger partial charge in [-0.05, 0) is 56.8 Å². The van der Waals surface area contributed by atoms with Crippen molar-refractivity contribution in [3.8, 4) is 17.1 Å². The topological polar surface area (TPSA) is 59.2 Å². The van der Waals surface area contributed by atoms with Gasteiger partial charge in [0.1, 0.15) is 11.6 Å². The second kappa shape index (κ2) is 7.72. The maximum atomic E-state index is 13.4. The van der Waals surface area contributed by atoms with Crippen molar-refractivity contribution in [3.05, 3.63) is 60.1 Å². The van der Waals surface area contributed by atoms with Gasteiger partial charge in [0, 0.05) is 43.1 Å². The van der Waals surface area contributed by atoms with Crippen LogP contribution in [0.15, 0.2) is 47.9 Å². The van der Waals surface area contributed by atoms with Crippen LogP contribution in [0.5, 0.6) is 0 Å². The Hall–Kier alpha value is -3.35. The van der Waals surface area contributed by atoms with E-state index in [0.717, 1.165) is 41.7 Å². The predicted molar refractivity (Wildman–Crippen MR) is 109 cm³/mol. The number of halogens is 1. The van der Waals surface area contributed by atoms with Crippen LogP contribution < -0.4 is 4.90 Å². The maximum absolute atomic E-state index is 13.4. The minimum absolute atomic E-state index is 0.280. The molecule has 3 heterocycles. The van der Waals surface area contributed by atoms with Crippen molar-refractivity contribution in [2.75, 3.05) is 18.0 Å². The van der Waals surface area contributed by atoms with Crippen molar-refractivity contribution in [1.29, 1.82) is 0 Å². The smallest absolute Gasteiger partial charge is 0.225 e. The molecule has 7 heteroatoms. The van der Waals surface area contributed by atoms with Crippen LogP contribution in [0, 0.1) is 12.7 Å². The van der Waals surface area contributed by atoms with E-state index >= 15 is 0 Å². The van der Waals surface area contributed by atoms with Crippen LogP contribution in [-0.4, -0.2) is 39.3 Å². The molecule has 142 valence electrons. The average Bonchev–Trinajstić information content (AvgIpc) is 3.36. The summed E-state index contributed by atoms with van der Waals surface area (Å²) in [6.45, 7) is 7.42. The van der Waals surface area contributed by atoms with Gasteiger partial charge in [0.25, 0.3) is 0 Å². The Morgan fingerprint density at radius 2 is 1.79 bits per heavy atom. The van der Waals surface area contributed by atoms with E-state index in [0.29, 0.717) is 5.82 Å². The zero-order valence-corrected chi connectivity index (χ0v) is 15.7. The quantitative estimate of drug-likeness (QED) is 0.631. The first-order valence-electron chi connectivity index (χ1n) is 9.22. The van der Waals surface area contributed by atoms with Gasteiger partial charge in [-0.15, -0.1) is 0 Å². The first-order valence-corrected chi connectivity index (χ1v) is 9.22. The number of aliphatic imine (C=N–C) groups is 1. The molecule has 0 bridgehead atoms. The van der Waals surface area contributed by atoms with Gasteiger partial charge in [-0.25, -0.2) is 19.3 Å². The standard InChI is InChI=1S/C21H21FN6/c1-15-19(9-10-23-2)26-20(28(15)18-7-5-17(22)6-8-18)16-13-24-21(25-14-16)27-11-3-4-12-27/h5-10,13-14H,2-4,11-12H2,1H3/b10-9-. The van der Waals surface area contributed by atoms with E-state index < -0.39 is 0 Å². The second-order valence-corrected chi connectivity index (χ2v) is 6.68. The number of hydrogen-bond donors (Lipinski definition) is 0. The Balaban J connectivity index is 1.79. The number of hydrogen-bond acceptors (Lipinski definition) is 5. The Morgan fingerprint density at radius 1 is 1.11 bits per heavy atom. The van der Waals surface area contributed by atoms with Crippen molar-refractivity contribution in [2.24, 2.45) is 4.99 Å². The van der Waals surface area contributed by atoms with E-state index in [1.807, 2.05) is 11.5 Å². The minimum atomic E-state index is -0.280. The summed E-state index contributed by atoms with van der Waals surface area (Å²) >= 11 is 0. The largest absolute Gasteiger partial charge is 0.341 e. The van der Waals surface area contributed by atoms with E-state index in [4.69, 9.17) is 4.98 Å². The fourth-order valence-corrected chi connectivity index (χ4v) is 3.42. The average molecular weight is 376 g/mol. The third-order valence-corrected chi connectivity index (χ3v) is 4.85. The molecule has 6 nitrogen and oxygen atoms in total. The molecule has 3 aromatic rings. The van der Waals surface area contributed by atoms with Gasteiger partial charge in [-0.3, -0.25) is 9.56 Å². The summed E-state index contributed by atoms with van der Waals surface area (Å²) in [7, 11) is 0. The molecule has 28 heavy (non-hydrogen) atoms. The lowest BCUT2D eigenvalue weighted by Crippen LogP contribution is -2.20. The van der Waals surface area contributed by atoms with Crippen LogP contribution in [0.4, 0.5) is 10.3 Å². The Kier molecular flexibility index (Phi) is 4.97. The molecule has 0 radical (unpaired) electrons. The summed E-state index contributed by atoms with van der Waals surface area (Å²) in [4.78, 5) is 19.8. The molecular formula is C21H21FN6.